The second-order valence-electron chi connectivity index (χ2n) is 7.95. The summed E-state index contributed by atoms with van der Waals surface area (Å²) in [5.74, 6) is -0.236. The third-order valence-electron chi connectivity index (χ3n) is 5.35. The quantitative estimate of drug-likeness (QED) is 0.771. The largest absolute Gasteiger partial charge is 0.482 e. The van der Waals surface area contributed by atoms with Crippen molar-refractivity contribution >= 4 is 27.5 Å². The molecule has 0 saturated carbocycles. The molecule has 8 nitrogen and oxygen atoms in total. The van der Waals surface area contributed by atoms with Gasteiger partial charge < -0.3 is 15.4 Å². The maximum absolute atomic E-state index is 13.4. The number of rotatable bonds is 5. The van der Waals surface area contributed by atoms with Gasteiger partial charge in [-0.15, -0.1) is 0 Å². The Bertz CT molecular complexity index is 910. The first-order valence-electron chi connectivity index (χ1n) is 9.46. The molecule has 3 rings (SSSR count). The van der Waals surface area contributed by atoms with Crippen molar-refractivity contribution in [3.63, 3.8) is 0 Å². The number of amides is 2. The molecule has 0 aromatic heterocycles. The number of hydrogen-bond donors (Lipinski definition) is 2. The third kappa shape index (κ3) is 3.86. The van der Waals surface area contributed by atoms with Crippen molar-refractivity contribution in [2.45, 2.75) is 63.4 Å². The summed E-state index contributed by atoms with van der Waals surface area (Å²) in [7, 11) is -3.89. The minimum absolute atomic E-state index is 0.0943. The fraction of sp³-hybridized carbons (Fsp3) is 0.579. The van der Waals surface area contributed by atoms with E-state index in [1.54, 1.807) is 13.0 Å². The van der Waals surface area contributed by atoms with Gasteiger partial charge in [0.2, 0.25) is 15.9 Å². The Morgan fingerprint density at radius 1 is 1.39 bits per heavy atom. The fourth-order valence-electron chi connectivity index (χ4n) is 3.42. The second-order valence-corrected chi connectivity index (χ2v) is 9.81. The van der Waals surface area contributed by atoms with E-state index in [4.69, 9.17) is 4.74 Å². The zero-order valence-electron chi connectivity index (χ0n) is 16.7. The molecule has 0 aliphatic carbocycles. The summed E-state index contributed by atoms with van der Waals surface area (Å²) >= 11 is 0. The van der Waals surface area contributed by atoms with Crippen LogP contribution in [0.1, 0.15) is 45.6 Å². The van der Waals surface area contributed by atoms with Crippen LogP contribution in [0.25, 0.3) is 0 Å². The smallest absolute Gasteiger partial charge is 0.262 e. The normalized spacial score (nSPS) is 20.3. The summed E-state index contributed by atoms with van der Waals surface area (Å²) in [5.41, 5.74) is 0.542. The van der Waals surface area contributed by atoms with Crippen molar-refractivity contribution in [1.82, 2.24) is 9.62 Å². The van der Waals surface area contributed by atoms with E-state index in [-0.39, 0.29) is 23.3 Å². The first kappa shape index (κ1) is 20.6. The van der Waals surface area contributed by atoms with Crippen LogP contribution in [0.4, 0.5) is 5.69 Å². The van der Waals surface area contributed by atoms with Crippen LogP contribution in [-0.2, 0) is 19.6 Å². The second kappa shape index (κ2) is 7.36. The Morgan fingerprint density at radius 3 is 2.79 bits per heavy atom. The van der Waals surface area contributed by atoms with Crippen molar-refractivity contribution < 1.29 is 22.7 Å². The zero-order valence-corrected chi connectivity index (χ0v) is 17.5. The van der Waals surface area contributed by atoms with Gasteiger partial charge in [-0.3, -0.25) is 9.59 Å². The summed E-state index contributed by atoms with van der Waals surface area (Å²) in [6.07, 6.45) is 1.85. The summed E-state index contributed by atoms with van der Waals surface area (Å²) < 4.78 is 33.4. The number of ether oxygens (including phenoxy) is 1. The highest BCUT2D eigenvalue weighted by Crippen LogP contribution is 2.36. The molecule has 2 N–H and O–H groups in total. The van der Waals surface area contributed by atoms with E-state index in [0.717, 1.165) is 6.42 Å². The van der Waals surface area contributed by atoms with Crippen LogP contribution in [0.15, 0.2) is 17.0 Å². The Kier molecular flexibility index (Phi) is 5.42. The van der Waals surface area contributed by atoms with E-state index < -0.39 is 21.6 Å². The van der Waals surface area contributed by atoms with Gasteiger partial charge in [-0.2, -0.15) is 4.31 Å². The molecule has 0 radical (unpaired) electrons. The molecule has 0 bridgehead atoms. The van der Waals surface area contributed by atoms with Crippen LogP contribution in [-0.4, -0.2) is 49.3 Å². The Balaban J connectivity index is 1.92. The van der Waals surface area contributed by atoms with Crippen LogP contribution in [0.2, 0.25) is 0 Å². The number of sulfonamides is 1. The van der Waals surface area contributed by atoms with Gasteiger partial charge in [0.15, 0.2) is 6.61 Å². The van der Waals surface area contributed by atoms with E-state index in [1.807, 2.05) is 20.8 Å². The average molecular weight is 410 g/mol. The van der Waals surface area contributed by atoms with Gasteiger partial charge in [-0.05, 0) is 51.7 Å². The molecule has 0 spiro atoms. The van der Waals surface area contributed by atoms with E-state index in [2.05, 4.69) is 10.6 Å². The van der Waals surface area contributed by atoms with E-state index in [9.17, 15) is 18.0 Å². The van der Waals surface area contributed by atoms with Crippen LogP contribution in [0, 0.1) is 6.92 Å². The maximum atomic E-state index is 13.4. The minimum atomic E-state index is -3.89. The molecule has 0 unspecified atom stereocenters. The monoisotopic (exact) mass is 409 g/mol. The lowest BCUT2D eigenvalue weighted by Crippen LogP contribution is -2.52. The molecule has 1 aromatic carbocycles. The maximum Gasteiger partial charge on any atom is 0.262 e. The number of hydrogen-bond acceptors (Lipinski definition) is 5. The number of benzene rings is 1. The molecule has 9 heteroatoms. The molecule has 2 aliphatic rings. The molecular weight excluding hydrogens is 382 g/mol. The van der Waals surface area contributed by atoms with Crippen molar-refractivity contribution in [2.75, 3.05) is 18.5 Å². The molecule has 154 valence electrons. The number of nitrogens with zero attached hydrogens (tertiary/aromatic N) is 1. The average Bonchev–Trinajstić information content (AvgIpc) is 3.11. The molecule has 1 fully saturated rings. The van der Waals surface area contributed by atoms with Gasteiger partial charge in [0, 0.05) is 18.2 Å². The van der Waals surface area contributed by atoms with Crippen molar-refractivity contribution in [3.05, 3.63) is 17.7 Å². The summed E-state index contributed by atoms with van der Waals surface area (Å²) in [6.45, 7) is 7.60. The van der Waals surface area contributed by atoms with Gasteiger partial charge in [0.05, 0.1) is 10.6 Å². The van der Waals surface area contributed by atoms with Crippen LogP contribution < -0.4 is 15.4 Å². The van der Waals surface area contributed by atoms with Crippen molar-refractivity contribution in [3.8, 4) is 5.75 Å². The summed E-state index contributed by atoms with van der Waals surface area (Å²) in [4.78, 5) is 24.3. The minimum Gasteiger partial charge on any atom is -0.482 e. The number of nitrogens with one attached hydrogen (secondary N) is 2. The lowest BCUT2D eigenvalue weighted by atomic mass is 10.0. The molecule has 2 aliphatic heterocycles. The lowest BCUT2D eigenvalue weighted by Gasteiger charge is -2.30. The zero-order chi connectivity index (χ0) is 20.7. The molecule has 1 atom stereocenters. The number of aryl methyl sites for hydroxylation is 1. The predicted octanol–water partition coefficient (Wildman–Crippen LogP) is 1.78. The fourth-order valence-corrected chi connectivity index (χ4v) is 5.30. The number of anilines is 1. The highest BCUT2D eigenvalue weighted by Gasteiger charge is 2.41. The van der Waals surface area contributed by atoms with Gasteiger partial charge in [0.1, 0.15) is 11.8 Å². The molecule has 2 amide bonds. The van der Waals surface area contributed by atoms with Gasteiger partial charge in [0.25, 0.3) is 5.91 Å². The van der Waals surface area contributed by atoms with E-state index >= 15 is 0 Å². The highest BCUT2D eigenvalue weighted by atomic mass is 32.2. The first-order valence-corrected chi connectivity index (χ1v) is 10.9. The van der Waals surface area contributed by atoms with Crippen molar-refractivity contribution in [1.29, 1.82) is 0 Å². The first-order chi connectivity index (χ1) is 13.0. The number of fused-ring (bicyclic) bond motifs is 1. The molecule has 28 heavy (non-hydrogen) atoms. The molecule has 1 saturated heterocycles. The summed E-state index contributed by atoms with van der Waals surface area (Å²) in [6, 6.07) is 2.29. The van der Waals surface area contributed by atoms with E-state index in [0.29, 0.717) is 36.4 Å². The van der Waals surface area contributed by atoms with Crippen LogP contribution in [0.3, 0.4) is 0 Å². The Hall–Kier alpha value is -2.13. The van der Waals surface area contributed by atoms with Gasteiger partial charge >= 0.3 is 0 Å². The standard InChI is InChI=1S/C19H27N3O5S/c1-5-19(3,4)21-18(24)14-7-6-8-22(14)28(25,26)16-10-15-13(9-12(16)2)20-17(23)11-27-15/h9-10,14H,5-8,11H2,1-4H3,(H,20,23)(H,21,24)/t14-/m0/s1. The topological polar surface area (TPSA) is 105 Å². The van der Waals surface area contributed by atoms with Crippen molar-refractivity contribution in [2.24, 2.45) is 0 Å². The van der Waals surface area contributed by atoms with Gasteiger partial charge in [-0.1, -0.05) is 6.92 Å². The molecular formula is C19H27N3O5S. The van der Waals surface area contributed by atoms with Crippen LogP contribution in [0.5, 0.6) is 5.75 Å². The van der Waals surface area contributed by atoms with Gasteiger partial charge in [-0.25, -0.2) is 8.42 Å². The Labute approximate surface area is 165 Å². The Morgan fingerprint density at radius 2 is 2.11 bits per heavy atom. The number of carbonyl (C=O) groups excluding carboxylic acids is 2. The van der Waals surface area contributed by atoms with Crippen LogP contribution >= 0.6 is 0 Å². The SMILES string of the molecule is CCC(C)(C)NC(=O)[C@@H]1CCCN1S(=O)(=O)c1cc2c(cc1C)NC(=O)CO2. The summed E-state index contributed by atoms with van der Waals surface area (Å²) in [5, 5.41) is 5.63. The third-order valence-corrected chi connectivity index (χ3v) is 7.40. The highest BCUT2D eigenvalue weighted by molar-refractivity contribution is 7.89. The number of carbonyl (C=O) groups is 2. The lowest BCUT2D eigenvalue weighted by molar-refractivity contribution is -0.125. The molecule has 2 heterocycles. The molecule has 1 aromatic rings. The van der Waals surface area contributed by atoms with E-state index in [1.165, 1.54) is 10.4 Å². The predicted molar refractivity (Wildman–Crippen MR) is 105 cm³/mol.